The number of allylic oxidation sites excluding steroid dienone is 2. The van der Waals surface area contributed by atoms with E-state index in [0.717, 1.165) is 11.9 Å². The van der Waals surface area contributed by atoms with Crippen LogP contribution in [0.2, 0.25) is 0 Å². The molecule has 0 spiro atoms. The fourth-order valence-corrected chi connectivity index (χ4v) is 0.370. The van der Waals surface area contributed by atoms with Crippen molar-refractivity contribution in [3.05, 3.63) is 11.6 Å². The smallest absolute Gasteiger partial charge is 0.126 e. The van der Waals surface area contributed by atoms with Gasteiger partial charge in [0.2, 0.25) is 0 Å². The number of hydrogen-bond acceptors (Lipinski definition) is 1. The lowest BCUT2D eigenvalue weighted by Crippen LogP contribution is -1.95. The van der Waals surface area contributed by atoms with Crippen LogP contribution in [0.25, 0.3) is 0 Å². The van der Waals surface area contributed by atoms with E-state index < -0.39 is 0 Å². The second-order valence-corrected chi connectivity index (χ2v) is 1.96. The molecule has 0 N–H and O–H groups in total. The van der Waals surface area contributed by atoms with Crippen LogP contribution in [0, 0.1) is 5.92 Å². The van der Waals surface area contributed by atoms with E-state index in [2.05, 4.69) is 0 Å². The first-order valence-electron chi connectivity index (χ1n) is 2.80. The lowest BCUT2D eigenvalue weighted by Gasteiger charge is -1.99. The van der Waals surface area contributed by atoms with Crippen LogP contribution in [-0.2, 0) is 4.79 Å². The predicted octanol–water partition coefficient (Wildman–Crippen LogP) is 1.79. The van der Waals surface area contributed by atoms with Crippen LogP contribution >= 0.6 is 0 Å². The molecule has 1 atom stereocenters. The van der Waals surface area contributed by atoms with Gasteiger partial charge in [-0.2, -0.15) is 0 Å². The van der Waals surface area contributed by atoms with Gasteiger partial charge in [-0.1, -0.05) is 18.6 Å². The van der Waals surface area contributed by atoms with Crippen molar-refractivity contribution in [2.24, 2.45) is 5.92 Å². The quantitative estimate of drug-likeness (QED) is 0.393. The SMILES string of the molecule is C/C=C(\C)C(C)C=O. The molecule has 0 aromatic carbocycles. The Balaban J connectivity index is 3.81. The Kier molecular flexibility index (Phi) is 3.16. The molecule has 0 aliphatic heterocycles. The van der Waals surface area contributed by atoms with E-state index in [1.54, 1.807) is 0 Å². The zero-order valence-corrected chi connectivity index (χ0v) is 5.64. The lowest BCUT2D eigenvalue weighted by atomic mass is 10.1. The van der Waals surface area contributed by atoms with Crippen molar-refractivity contribution in [2.45, 2.75) is 20.8 Å². The molecular weight excluding hydrogens is 100 g/mol. The topological polar surface area (TPSA) is 17.1 Å². The van der Waals surface area contributed by atoms with Crippen LogP contribution < -0.4 is 0 Å². The Morgan fingerprint density at radius 1 is 1.62 bits per heavy atom. The fraction of sp³-hybridized carbons (Fsp3) is 0.571. The first kappa shape index (κ1) is 7.41. The minimum absolute atomic E-state index is 0.0972. The molecule has 1 nitrogen and oxygen atoms in total. The van der Waals surface area contributed by atoms with E-state index in [4.69, 9.17) is 0 Å². The zero-order chi connectivity index (χ0) is 6.57. The van der Waals surface area contributed by atoms with Crippen LogP contribution in [0.15, 0.2) is 11.6 Å². The maximum atomic E-state index is 10.1. The fourth-order valence-electron chi connectivity index (χ4n) is 0.370. The van der Waals surface area contributed by atoms with Crippen LogP contribution in [-0.4, -0.2) is 6.29 Å². The molecule has 1 heteroatoms. The van der Waals surface area contributed by atoms with Crippen LogP contribution in [0.4, 0.5) is 0 Å². The average molecular weight is 112 g/mol. The van der Waals surface area contributed by atoms with Crippen molar-refractivity contribution in [3.63, 3.8) is 0 Å². The highest BCUT2D eigenvalue weighted by molar-refractivity contribution is 5.57. The summed E-state index contributed by atoms with van der Waals surface area (Å²) in [4.78, 5) is 10.1. The summed E-state index contributed by atoms with van der Waals surface area (Å²) in [7, 11) is 0. The Morgan fingerprint density at radius 3 is 2.25 bits per heavy atom. The molecule has 0 aliphatic rings. The molecule has 1 unspecified atom stereocenters. The molecule has 0 amide bonds. The van der Waals surface area contributed by atoms with Gasteiger partial charge in [0.05, 0.1) is 0 Å². The summed E-state index contributed by atoms with van der Waals surface area (Å²) in [5.74, 6) is 0.0972. The molecular formula is C7H12O. The minimum Gasteiger partial charge on any atom is -0.303 e. The molecule has 0 aliphatic carbocycles. The predicted molar refractivity (Wildman–Crippen MR) is 34.7 cm³/mol. The Labute approximate surface area is 50.4 Å². The molecule has 46 valence electrons. The van der Waals surface area contributed by atoms with Gasteiger partial charge < -0.3 is 4.79 Å². The summed E-state index contributed by atoms with van der Waals surface area (Å²) in [6, 6.07) is 0. The third-order valence-corrected chi connectivity index (χ3v) is 1.38. The first-order chi connectivity index (χ1) is 3.72. The van der Waals surface area contributed by atoms with E-state index in [1.165, 1.54) is 0 Å². The summed E-state index contributed by atoms with van der Waals surface area (Å²) in [5.41, 5.74) is 1.14. The van der Waals surface area contributed by atoms with E-state index >= 15 is 0 Å². The van der Waals surface area contributed by atoms with Crippen molar-refractivity contribution in [1.29, 1.82) is 0 Å². The van der Waals surface area contributed by atoms with Gasteiger partial charge in [-0.25, -0.2) is 0 Å². The molecule has 0 rings (SSSR count). The number of carbonyl (C=O) groups is 1. The average Bonchev–Trinajstić information content (AvgIpc) is 1.84. The second-order valence-electron chi connectivity index (χ2n) is 1.96. The van der Waals surface area contributed by atoms with Crippen molar-refractivity contribution >= 4 is 6.29 Å². The highest BCUT2D eigenvalue weighted by Crippen LogP contribution is 2.04. The number of rotatable bonds is 2. The highest BCUT2D eigenvalue weighted by Gasteiger charge is 1.97. The van der Waals surface area contributed by atoms with Gasteiger partial charge in [0.1, 0.15) is 6.29 Å². The van der Waals surface area contributed by atoms with E-state index in [-0.39, 0.29) is 5.92 Å². The third kappa shape index (κ3) is 1.92. The number of aldehydes is 1. The second kappa shape index (κ2) is 3.42. The molecule has 0 bridgehead atoms. The van der Waals surface area contributed by atoms with Gasteiger partial charge in [0, 0.05) is 5.92 Å². The highest BCUT2D eigenvalue weighted by atomic mass is 16.1. The maximum absolute atomic E-state index is 10.1. The van der Waals surface area contributed by atoms with Gasteiger partial charge in [-0.3, -0.25) is 0 Å². The van der Waals surface area contributed by atoms with E-state index in [9.17, 15) is 4.79 Å². The first-order valence-corrected chi connectivity index (χ1v) is 2.80. The monoisotopic (exact) mass is 112 g/mol. The Hall–Kier alpha value is -0.590. The largest absolute Gasteiger partial charge is 0.303 e. The summed E-state index contributed by atoms with van der Waals surface area (Å²) in [5, 5.41) is 0. The summed E-state index contributed by atoms with van der Waals surface area (Å²) in [6.45, 7) is 5.79. The lowest BCUT2D eigenvalue weighted by molar-refractivity contribution is -0.109. The normalized spacial score (nSPS) is 15.6. The summed E-state index contributed by atoms with van der Waals surface area (Å²) < 4.78 is 0. The molecule has 0 fully saturated rings. The Bertz CT molecular complexity index is 103. The van der Waals surface area contributed by atoms with E-state index in [0.29, 0.717) is 0 Å². The maximum Gasteiger partial charge on any atom is 0.126 e. The number of carbonyl (C=O) groups excluding carboxylic acids is 1. The van der Waals surface area contributed by atoms with Crippen molar-refractivity contribution in [3.8, 4) is 0 Å². The summed E-state index contributed by atoms with van der Waals surface area (Å²) in [6.07, 6.45) is 2.91. The van der Waals surface area contributed by atoms with Crippen LogP contribution in [0.5, 0.6) is 0 Å². The van der Waals surface area contributed by atoms with Crippen molar-refractivity contribution < 1.29 is 4.79 Å². The number of hydrogen-bond donors (Lipinski definition) is 0. The molecule has 0 aromatic rings. The standard InChI is InChI=1S/C7H12O/c1-4-6(2)7(3)5-8/h4-5,7H,1-3H3/b6-4+. The van der Waals surface area contributed by atoms with Crippen LogP contribution in [0.3, 0.4) is 0 Å². The van der Waals surface area contributed by atoms with Gasteiger partial charge >= 0.3 is 0 Å². The molecule has 8 heavy (non-hydrogen) atoms. The van der Waals surface area contributed by atoms with Gasteiger partial charge in [-0.05, 0) is 13.8 Å². The molecule has 0 aromatic heterocycles. The Morgan fingerprint density at radius 2 is 2.12 bits per heavy atom. The van der Waals surface area contributed by atoms with Crippen LogP contribution in [0.1, 0.15) is 20.8 Å². The van der Waals surface area contributed by atoms with Gasteiger partial charge in [0.15, 0.2) is 0 Å². The van der Waals surface area contributed by atoms with E-state index in [1.807, 2.05) is 26.8 Å². The summed E-state index contributed by atoms with van der Waals surface area (Å²) >= 11 is 0. The van der Waals surface area contributed by atoms with Crippen molar-refractivity contribution in [1.82, 2.24) is 0 Å². The van der Waals surface area contributed by atoms with Gasteiger partial charge in [-0.15, -0.1) is 0 Å². The molecule has 0 heterocycles. The molecule has 0 saturated heterocycles. The minimum atomic E-state index is 0.0972. The molecule has 0 saturated carbocycles. The van der Waals surface area contributed by atoms with Crippen molar-refractivity contribution in [2.75, 3.05) is 0 Å². The zero-order valence-electron chi connectivity index (χ0n) is 5.64. The third-order valence-electron chi connectivity index (χ3n) is 1.38. The van der Waals surface area contributed by atoms with Gasteiger partial charge in [0.25, 0.3) is 0 Å². The molecule has 0 radical (unpaired) electrons.